The molecule has 2 fully saturated rings. The molecule has 0 bridgehead atoms. The maximum absolute atomic E-state index is 13.6. The van der Waals surface area contributed by atoms with Crippen LogP contribution in [0.4, 0.5) is 4.39 Å². The maximum atomic E-state index is 13.6. The van der Waals surface area contributed by atoms with Crippen LogP contribution in [-0.2, 0) is 11.3 Å². The largest absolute Gasteiger partial charge is 0.377 e. The molecule has 2 nitrogen and oxygen atoms in total. The van der Waals surface area contributed by atoms with E-state index >= 15 is 0 Å². The van der Waals surface area contributed by atoms with E-state index in [1.165, 1.54) is 12.5 Å². The number of hydrogen-bond acceptors (Lipinski definition) is 2. The fourth-order valence-electron chi connectivity index (χ4n) is 3.80. The first-order chi connectivity index (χ1) is 9.10. The third-order valence-electron chi connectivity index (χ3n) is 4.80. The Balaban J connectivity index is 1.65. The molecular weight excluding hydrogens is 241 g/mol. The van der Waals surface area contributed by atoms with Crippen LogP contribution in [0.3, 0.4) is 0 Å². The van der Waals surface area contributed by atoms with E-state index in [9.17, 15) is 4.39 Å². The Bertz CT molecular complexity index is 460. The number of ether oxygens (including phenoxy) is 1. The van der Waals surface area contributed by atoms with Crippen molar-refractivity contribution in [3.63, 3.8) is 0 Å². The third kappa shape index (κ3) is 2.19. The van der Waals surface area contributed by atoms with Crippen LogP contribution in [0.25, 0.3) is 0 Å². The van der Waals surface area contributed by atoms with Crippen LogP contribution in [0.1, 0.15) is 32.3 Å². The molecule has 3 atom stereocenters. The van der Waals surface area contributed by atoms with Crippen molar-refractivity contribution in [3.8, 4) is 0 Å². The summed E-state index contributed by atoms with van der Waals surface area (Å²) in [6.45, 7) is 5.99. The molecule has 0 aromatic heterocycles. The molecule has 1 saturated carbocycles. The molecule has 1 N–H and O–H groups in total. The van der Waals surface area contributed by atoms with E-state index in [2.05, 4.69) is 19.2 Å². The molecule has 1 saturated heterocycles. The van der Waals surface area contributed by atoms with Gasteiger partial charge in [-0.3, -0.25) is 0 Å². The molecule has 3 unspecified atom stereocenters. The Morgan fingerprint density at radius 3 is 2.95 bits per heavy atom. The third-order valence-corrected chi connectivity index (χ3v) is 4.80. The van der Waals surface area contributed by atoms with Crippen molar-refractivity contribution in [3.05, 3.63) is 35.6 Å². The summed E-state index contributed by atoms with van der Waals surface area (Å²) in [6.07, 6.45) is 2.75. The summed E-state index contributed by atoms with van der Waals surface area (Å²) in [5, 5.41) is 3.55. The minimum absolute atomic E-state index is 0.122. The molecule has 1 aromatic rings. The second kappa shape index (κ2) is 4.88. The van der Waals surface area contributed by atoms with Crippen LogP contribution in [0.15, 0.2) is 24.3 Å². The van der Waals surface area contributed by atoms with Crippen LogP contribution in [0, 0.1) is 17.2 Å². The molecule has 2 aliphatic rings. The minimum atomic E-state index is -0.122. The van der Waals surface area contributed by atoms with Gasteiger partial charge in [0.15, 0.2) is 0 Å². The van der Waals surface area contributed by atoms with Crippen molar-refractivity contribution in [1.82, 2.24) is 5.32 Å². The summed E-state index contributed by atoms with van der Waals surface area (Å²) < 4.78 is 19.5. The van der Waals surface area contributed by atoms with E-state index in [1.54, 1.807) is 6.07 Å². The molecule has 19 heavy (non-hydrogen) atoms. The van der Waals surface area contributed by atoms with Crippen LogP contribution < -0.4 is 5.32 Å². The second-order valence-corrected chi connectivity index (χ2v) is 6.37. The van der Waals surface area contributed by atoms with Gasteiger partial charge in [-0.25, -0.2) is 4.39 Å². The predicted octanol–water partition coefficient (Wildman–Crippen LogP) is 3.12. The van der Waals surface area contributed by atoms with Crippen molar-refractivity contribution >= 4 is 0 Å². The van der Waals surface area contributed by atoms with Crippen molar-refractivity contribution < 1.29 is 9.13 Å². The van der Waals surface area contributed by atoms with Crippen molar-refractivity contribution in [2.24, 2.45) is 11.3 Å². The SMILES string of the molecule is CC1(C)C(NCc2ccccc2F)C2CCCOC21. The number of halogens is 1. The highest BCUT2D eigenvalue weighted by atomic mass is 19.1. The molecular formula is C16H22FNO. The molecule has 1 heterocycles. The fourth-order valence-corrected chi connectivity index (χ4v) is 3.80. The average Bonchev–Trinajstić information content (AvgIpc) is 2.41. The average molecular weight is 263 g/mol. The molecule has 1 aliphatic heterocycles. The normalized spacial score (nSPS) is 32.5. The summed E-state index contributed by atoms with van der Waals surface area (Å²) in [6, 6.07) is 7.42. The lowest BCUT2D eigenvalue weighted by Gasteiger charge is -2.60. The fraction of sp³-hybridized carbons (Fsp3) is 0.625. The highest BCUT2D eigenvalue weighted by molar-refractivity contribution is 5.18. The molecule has 104 valence electrons. The van der Waals surface area contributed by atoms with Gasteiger partial charge >= 0.3 is 0 Å². The number of nitrogens with one attached hydrogen (secondary N) is 1. The monoisotopic (exact) mass is 263 g/mol. The highest BCUT2D eigenvalue weighted by Crippen LogP contribution is 2.51. The Labute approximate surface area is 114 Å². The number of hydrogen-bond donors (Lipinski definition) is 1. The maximum Gasteiger partial charge on any atom is 0.127 e. The molecule has 3 rings (SSSR count). The first-order valence-electron chi connectivity index (χ1n) is 7.19. The minimum Gasteiger partial charge on any atom is -0.377 e. The molecule has 0 amide bonds. The topological polar surface area (TPSA) is 21.3 Å². The van der Waals surface area contributed by atoms with E-state index in [1.807, 2.05) is 12.1 Å². The number of rotatable bonds is 3. The van der Waals surface area contributed by atoms with E-state index in [0.29, 0.717) is 24.6 Å². The molecule has 3 heteroatoms. The van der Waals surface area contributed by atoms with E-state index in [4.69, 9.17) is 4.74 Å². The van der Waals surface area contributed by atoms with Crippen molar-refractivity contribution in [1.29, 1.82) is 0 Å². The first kappa shape index (κ1) is 13.1. The van der Waals surface area contributed by atoms with Gasteiger partial charge in [-0.05, 0) is 18.9 Å². The second-order valence-electron chi connectivity index (χ2n) is 6.37. The van der Waals surface area contributed by atoms with E-state index < -0.39 is 0 Å². The van der Waals surface area contributed by atoms with Gasteiger partial charge in [0.25, 0.3) is 0 Å². The summed E-state index contributed by atoms with van der Waals surface area (Å²) in [7, 11) is 0. The zero-order valence-corrected chi connectivity index (χ0v) is 11.7. The van der Waals surface area contributed by atoms with Crippen molar-refractivity contribution in [2.75, 3.05) is 6.61 Å². The lowest BCUT2D eigenvalue weighted by molar-refractivity contribution is -0.193. The van der Waals surface area contributed by atoms with Gasteiger partial charge in [0, 0.05) is 36.1 Å². The highest BCUT2D eigenvalue weighted by Gasteiger charge is 2.57. The van der Waals surface area contributed by atoms with Gasteiger partial charge in [0.1, 0.15) is 5.82 Å². The standard InChI is InChI=1S/C16H22FNO/c1-16(2)14(12-7-5-9-19-15(12)16)18-10-11-6-3-4-8-13(11)17/h3-4,6,8,12,14-15,18H,5,7,9-10H2,1-2H3. The van der Waals surface area contributed by atoms with Gasteiger partial charge in [-0.15, -0.1) is 0 Å². The van der Waals surface area contributed by atoms with E-state index in [0.717, 1.165) is 18.6 Å². The van der Waals surface area contributed by atoms with E-state index in [-0.39, 0.29) is 11.2 Å². The quantitative estimate of drug-likeness (QED) is 0.904. The molecule has 0 spiro atoms. The zero-order chi connectivity index (χ0) is 13.5. The Hall–Kier alpha value is -0.930. The van der Waals surface area contributed by atoms with Gasteiger partial charge in [-0.1, -0.05) is 32.0 Å². The zero-order valence-electron chi connectivity index (χ0n) is 11.7. The Kier molecular flexibility index (Phi) is 3.35. The smallest absolute Gasteiger partial charge is 0.127 e. The van der Waals surface area contributed by atoms with Crippen LogP contribution in [0.2, 0.25) is 0 Å². The predicted molar refractivity (Wildman–Crippen MR) is 73.3 cm³/mol. The Morgan fingerprint density at radius 2 is 2.16 bits per heavy atom. The lowest BCUT2D eigenvalue weighted by Crippen LogP contribution is -2.69. The first-order valence-corrected chi connectivity index (χ1v) is 7.19. The molecule has 0 radical (unpaired) electrons. The van der Waals surface area contributed by atoms with Crippen LogP contribution in [0.5, 0.6) is 0 Å². The van der Waals surface area contributed by atoms with Gasteiger partial charge in [0.05, 0.1) is 6.10 Å². The molecule has 1 aliphatic carbocycles. The lowest BCUT2D eigenvalue weighted by atomic mass is 9.55. The van der Waals surface area contributed by atoms with Gasteiger partial charge in [-0.2, -0.15) is 0 Å². The summed E-state index contributed by atoms with van der Waals surface area (Å²) >= 11 is 0. The van der Waals surface area contributed by atoms with Gasteiger partial charge in [0.2, 0.25) is 0 Å². The summed E-state index contributed by atoms with van der Waals surface area (Å²) in [5.41, 5.74) is 0.898. The van der Waals surface area contributed by atoms with Crippen LogP contribution in [-0.4, -0.2) is 18.8 Å². The van der Waals surface area contributed by atoms with Crippen LogP contribution >= 0.6 is 0 Å². The van der Waals surface area contributed by atoms with Gasteiger partial charge < -0.3 is 10.1 Å². The molecule has 1 aromatic carbocycles. The summed E-state index contributed by atoms with van der Waals surface area (Å²) in [5.74, 6) is 0.471. The van der Waals surface area contributed by atoms with Crippen molar-refractivity contribution in [2.45, 2.75) is 45.4 Å². The summed E-state index contributed by atoms with van der Waals surface area (Å²) in [4.78, 5) is 0. The Morgan fingerprint density at radius 1 is 1.37 bits per heavy atom. The number of fused-ring (bicyclic) bond motifs is 1. The number of benzene rings is 1.